The number of para-hydroxylation sites is 1. The normalized spacial score (nSPS) is 12.2. The van der Waals surface area contributed by atoms with Crippen LogP contribution < -0.4 is 0 Å². The van der Waals surface area contributed by atoms with Gasteiger partial charge in [-0.3, -0.25) is 0 Å². The molecule has 1 aromatic carbocycles. The van der Waals surface area contributed by atoms with Crippen molar-refractivity contribution in [2.75, 3.05) is 20.8 Å². The first-order valence-electron chi connectivity index (χ1n) is 5.38. The van der Waals surface area contributed by atoms with Gasteiger partial charge >= 0.3 is 0 Å². The van der Waals surface area contributed by atoms with Gasteiger partial charge in [0, 0.05) is 0 Å². The first-order chi connectivity index (χ1) is 8.74. The largest absolute Gasteiger partial charge is 0.507 e. The Morgan fingerprint density at radius 1 is 1.22 bits per heavy atom. The van der Waals surface area contributed by atoms with Crippen LogP contribution in [0, 0.1) is 0 Å². The number of nitrogens with zero attached hydrogens (tertiary/aromatic N) is 2. The number of oxime groups is 2. The molecule has 0 unspecified atom stereocenters. The molecule has 0 radical (unpaired) electrons. The van der Waals surface area contributed by atoms with Gasteiger partial charge in [-0.15, -0.1) is 0 Å². The van der Waals surface area contributed by atoms with Gasteiger partial charge in [0.05, 0.1) is 12.7 Å². The number of phenols is 1. The van der Waals surface area contributed by atoms with Gasteiger partial charge in [0.25, 0.3) is 5.90 Å². The van der Waals surface area contributed by atoms with Gasteiger partial charge < -0.3 is 19.5 Å². The summed E-state index contributed by atoms with van der Waals surface area (Å²) in [7, 11) is 2.83. The quantitative estimate of drug-likeness (QED) is 0.492. The van der Waals surface area contributed by atoms with Crippen molar-refractivity contribution in [1.29, 1.82) is 0 Å². The summed E-state index contributed by atoms with van der Waals surface area (Å²) in [6.45, 7) is 2.19. The predicted octanol–water partition coefficient (Wildman–Crippen LogP) is 1.74. The van der Waals surface area contributed by atoms with Gasteiger partial charge in [0.15, 0.2) is 5.71 Å². The molecule has 6 nitrogen and oxygen atoms in total. The number of methoxy groups -OCH3 is 1. The summed E-state index contributed by atoms with van der Waals surface area (Å²) in [5, 5.41) is 17.4. The Balaban J connectivity index is 3.18. The minimum Gasteiger partial charge on any atom is -0.507 e. The molecule has 0 fully saturated rings. The maximum Gasteiger partial charge on any atom is 0.280 e. The summed E-state index contributed by atoms with van der Waals surface area (Å²) in [5.41, 5.74) is 0.700. The van der Waals surface area contributed by atoms with Crippen LogP contribution >= 0.6 is 0 Å². The monoisotopic (exact) mass is 252 g/mol. The third-order valence-corrected chi connectivity index (χ3v) is 2.01. The number of rotatable bonds is 5. The first kappa shape index (κ1) is 13.8. The van der Waals surface area contributed by atoms with Gasteiger partial charge in [0.2, 0.25) is 0 Å². The van der Waals surface area contributed by atoms with Crippen LogP contribution in [0.2, 0.25) is 0 Å². The van der Waals surface area contributed by atoms with E-state index in [-0.39, 0.29) is 17.4 Å². The number of hydrogen-bond acceptors (Lipinski definition) is 6. The highest BCUT2D eigenvalue weighted by Gasteiger charge is 2.18. The van der Waals surface area contributed by atoms with E-state index in [1.54, 1.807) is 25.1 Å². The van der Waals surface area contributed by atoms with Gasteiger partial charge in [-0.05, 0) is 24.2 Å². The molecule has 1 rings (SSSR count). The Morgan fingerprint density at radius 2 is 1.94 bits per heavy atom. The Hall–Kier alpha value is -2.24. The van der Waals surface area contributed by atoms with E-state index in [0.29, 0.717) is 12.2 Å². The summed E-state index contributed by atoms with van der Waals surface area (Å²) in [4.78, 5) is 9.66. The van der Waals surface area contributed by atoms with E-state index in [0.717, 1.165) is 0 Å². The van der Waals surface area contributed by atoms with Gasteiger partial charge in [-0.1, -0.05) is 17.3 Å². The second-order valence-corrected chi connectivity index (χ2v) is 3.16. The maximum absolute atomic E-state index is 9.79. The van der Waals surface area contributed by atoms with Crippen LogP contribution in [0.25, 0.3) is 0 Å². The highest BCUT2D eigenvalue weighted by atomic mass is 16.6. The minimum absolute atomic E-state index is 0.0505. The van der Waals surface area contributed by atoms with Crippen molar-refractivity contribution in [2.45, 2.75) is 6.92 Å². The van der Waals surface area contributed by atoms with Crippen molar-refractivity contribution in [3.05, 3.63) is 29.8 Å². The summed E-state index contributed by atoms with van der Waals surface area (Å²) < 4.78 is 5.08. The highest BCUT2D eigenvalue weighted by Crippen LogP contribution is 2.18. The second kappa shape index (κ2) is 7.16. The molecule has 0 aromatic heterocycles. The third kappa shape index (κ3) is 3.38. The zero-order valence-electron chi connectivity index (χ0n) is 10.6. The molecule has 1 aromatic rings. The molecule has 0 spiro atoms. The SMILES string of the molecule is CCO/N=C(OC)/C(=N/OC)c1ccccc1O. The lowest BCUT2D eigenvalue weighted by molar-refractivity contribution is 0.150. The van der Waals surface area contributed by atoms with E-state index < -0.39 is 0 Å². The van der Waals surface area contributed by atoms with Crippen molar-refractivity contribution in [2.24, 2.45) is 10.3 Å². The number of hydrogen-bond donors (Lipinski definition) is 1. The Bertz CT molecular complexity index is 443. The van der Waals surface area contributed by atoms with Crippen LogP contribution in [0.1, 0.15) is 12.5 Å². The molecule has 6 heteroatoms. The van der Waals surface area contributed by atoms with Crippen molar-refractivity contribution >= 4 is 11.6 Å². The number of aromatic hydroxyl groups is 1. The number of phenolic OH excluding ortho intramolecular Hbond substituents is 1. The number of benzene rings is 1. The zero-order valence-corrected chi connectivity index (χ0v) is 10.6. The van der Waals surface area contributed by atoms with E-state index in [9.17, 15) is 5.11 Å². The first-order valence-corrected chi connectivity index (χ1v) is 5.38. The standard InChI is InChI=1S/C12H16N2O4/c1-4-18-14-12(16-2)11(13-17-3)9-7-5-6-8-10(9)15/h5-8,15H,4H2,1-3H3/b13-11+,14-12-. The lowest BCUT2D eigenvalue weighted by Crippen LogP contribution is -2.19. The minimum atomic E-state index is 0.0505. The molecule has 0 saturated heterocycles. The molecule has 0 aliphatic carbocycles. The van der Waals surface area contributed by atoms with E-state index in [1.807, 2.05) is 0 Å². The fraction of sp³-hybridized carbons (Fsp3) is 0.333. The fourth-order valence-corrected chi connectivity index (χ4v) is 1.27. The van der Waals surface area contributed by atoms with Crippen LogP contribution in [0.3, 0.4) is 0 Å². The van der Waals surface area contributed by atoms with Gasteiger partial charge in [-0.2, -0.15) is 0 Å². The molecule has 0 amide bonds. The van der Waals surface area contributed by atoms with Crippen molar-refractivity contribution < 1.29 is 19.5 Å². The average molecular weight is 252 g/mol. The average Bonchev–Trinajstić information content (AvgIpc) is 2.39. The Labute approximate surface area is 105 Å². The van der Waals surface area contributed by atoms with Crippen LogP contribution in [-0.4, -0.2) is 37.5 Å². The van der Waals surface area contributed by atoms with Crippen LogP contribution in [-0.2, 0) is 14.4 Å². The molecule has 0 aliphatic rings. The van der Waals surface area contributed by atoms with Crippen molar-refractivity contribution in [1.82, 2.24) is 0 Å². The molecule has 0 bridgehead atoms. The molecule has 0 atom stereocenters. The summed E-state index contributed by atoms with van der Waals surface area (Å²) in [5.74, 6) is 0.176. The molecule has 1 N–H and O–H groups in total. The molecular formula is C12H16N2O4. The summed E-state index contributed by atoms with van der Waals surface area (Å²) in [6, 6.07) is 6.67. The van der Waals surface area contributed by atoms with E-state index in [2.05, 4.69) is 10.3 Å². The predicted molar refractivity (Wildman–Crippen MR) is 67.7 cm³/mol. The summed E-state index contributed by atoms with van der Waals surface area (Å²) >= 11 is 0. The molecule has 0 heterocycles. The molecule has 98 valence electrons. The van der Waals surface area contributed by atoms with Crippen LogP contribution in [0.5, 0.6) is 5.75 Å². The van der Waals surface area contributed by atoms with Crippen LogP contribution in [0.15, 0.2) is 34.6 Å². The molecule has 0 saturated carbocycles. The van der Waals surface area contributed by atoms with Gasteiger partial charge in [0.1, 0.15) is 19.5 Å². The van der Waals surface area contributed by atoms with E-state index in [1.165, 1.54) is 20.3 Å². The smallest absolute Gasteiger partial charge is 0.280 e. The molecule has 18 heavy (non-hydrogen) atoms. The van der Waals surface area contributed by atoms with Gasteiger partial charge in [-0.25, -0.2) is 0 Å². The molecule has 0 aliphatic heterocycles. The summed E-state index contributed by atoms with van der Waals surface area (Å²) in [6.07, 6.45) is 0. The lowest BCUT2D eigenvalue weighted by atomic mass is 10.1. The third-order valence-electron chi connectivity index (χ3n) is 2.01. The fourth-order valence-electron chi connectivity index (χ4n) is 1.27. The zero-order chi connectivity index (χ0) is 13.4. The Kier molecular flexibility index (Phi) is 5.50. The number of ether oxygens (including phenoxy) is 1. The lowest BCUT2D eigenvalue weighted by Gasteiger charge is -2.09. The van der Waals surface area contributed by atoms with E-state index in [4.69, 9.17) is 14.4 Å². The van der Waals surface area contributed by atoms with Crippen molar-refractivity contribution in [3.8, 4) is 5.75 Å². The highest BCUT2D eigenvalue weighted by molar-refractivity contribution is 6.45. The van der Waals surface area contributed by atoms with Crippen LogP contribution in [0.4, 0.5) is 0 Å². The van der Waals surface area contributed by atoms with E-state index >= 15 is 0 Å². The Morgan fingerprint density at radius 3 is 2.50 bits per heavy atom. The maximum atomic E-state index is 9.79. The topological polar surface area (TPSA) is 72.6 Å². The second-order valence-electron chi connectivity index (χ2n) is 3.16. The van der Waals surface area contributed by atoms with Crippen molar-refractivity contribution in [3.63, 3.8) is 0 Å². The molecular weight excluding hydrogens is 236 g/mol.